The maximum absolute atomic E-state index is 12.5. The number of nitrogens with zero attached hydrogens (tertiary/aromatic N) is 2. The Kier molecular flexibility index (Phi) is 5.16. The van der Waals surface area contributed by atoms with Gasteiger partial charge in [-0.15, -0.1) is 0 Å². The molecule has 1 aliphatic rings. The standard InChI is InChI=1S/C23H23N3O3/c1-15-7-3-5-9-18(15)23-25-19(16(2)29-23)13-21(27)24-14-22(28)26-12-11-17-8-4-6-10-20(17)26/h3-10H,11-14H2,1-2H3,(H,24,27). The number of hydrogen-bond donors (Lipinski definition) is 1. The molecule has 6 nitrogen and oxygen atoms in total. The van der Waals surface area contributed by atoms with E-state index < -0.39 is 0 Å². The summed E-state index contributed by atoms with van der Waals surface area (Å²) in [5, 5.41) is 2.71. The van der Waals surface area contributed by atoms with E-state index in [4.69, 9.17) is 4.42 Å². The van der Waals surface area contributed by atoms with Crippen LogP contribution in [0.1, 0.15) is 22.6 Å². The first kappa shape index (κ1) is 18.9. The fourth-order valence-corrected chi connectivity index (χ4v) is 3.60. The van der Waals surface area contributed by atoms with Crippen LogP contribution >= 0.6 is 0 Å². The molecular weight excluding hydrogens is 366 g/mol. The molecule has 0 fully saturated rings. The number of rotatable bonds is 5. The van der Waals surface area contributed by atoms with Gasteiger partial charge in [0.25, 0.3) is 0 Å². The van der Waals surface area contributed by atoms with Gasteiger partial charge in [0.15, 0.2) is 0 Å². The summed E-state index contributed by atoms with van der Waals surface area (Å²) in [5.41, 5.74) is 4.64. The molecule has 3 aromatic rings. The Morgan fingerprint density at radius 1 is 1.10 bits per heavy atom. The molecule has 2 aromatic carbocycles. The number of aryl methyl sites for hydroxylation is 2. The molecule has 1 N–H and O–H groups in total. The Morgan fingerprint density at radius 2 is 1.86 bits per heavy atom. The number of amides is 2. The van der Waals surface area contributed by atoms with E-state index in [0.29, 0.717) is 23.9 Å². The van der Waals surface area contributed by atoms with Crippen LogP contribution in [-0.2, 0) is 22.4 Å². The van der Waals surface area contributed by atoms with Crippen molar-refractivity contribution in [1.82, 2.24) is 10.3 Å². The van der Waals surface area contributed by atoms with Crippen molar-refractivity contribution in [2.75, 3.05) is 18.0 Å². The molecule has 4 rings (SSSR count). The highest BCUT2D eigenvalue weighted by Crippen LogP contribution is 2.27. The van der Waals surface area contributed by atoms with Crippen LogP contribution in [0, 0.1) is 13.8 Å². The van der Waals surface area contributed by atoms with Gasteiger partial charge < -0.3 is 14.6 Å². The normalized spacial score (nSPS) is 12.7. The Hall–Kier alpha value is -3.41. The van der Waals surface area contributed by atoms with Crippen LogP contribution in [0.15, 0.2) is 52.9 Å². The minimum Gasteiger partial charge on any atom is -0.441 e. The lowest BCUT2D eigenvalue weighted by molar-refractivity contribution is -0.124. The van der Waals surface area contributed by atoms with Crippen molar-refractivity contribution in [1.29, 1.82) is 0 Å². The minimum absolute atomic E-state index is 0.0330. The van der Waals surface area contributed by atoms with Crippen LogP contribution in [-0.4, -0.2) is 29.9 Å². The second-order valence-corrected chi connectivity index (χ2v) is 7.21. The van der Waals surface area contributed by atoms with E-state index in [1.807, 2.05) is 55.5 Å². The third-order valence-electron chi connectivity index (χ3n) is 5.22. The molecule has 148 valence electrons. The smallest absolute Gasteiger partial charge is 0.246 e. The molecule has 2 amide bonds. The number of anilines is 1. The first-order chi connectivity index (χ1) is 14.0. The lowest BCUT2D eigenvalue weighted by Crippen LogP contribution is -2.40. The summed E-state index contributed by atoms with van der Waals surface area (Å²) in [4.78, 5) is 31.1. The van der Waals surface area contributed by atoms with Crippen LogP contribution in [0.3, 0.4) is 0 Å². The third-order valence-corrected chi connectivity index (χ3v) is 5.22. The van der Waals surface area contributed by atoms with E-state index in [1.165, 1.54) is 0 Å². The largest absolute Gasteiger partial charge is 0.441 e. The first-order valence-electron chi connectivity index (χ1n) is 9.70. The number of aromatic nitrogens is 1. The fourth-order valence-electron chi connectivity index (χ4n) is 3.60. The Balaban J connectivity index is 1.37. The van der Waals surface area contributed by atoms with Gasteiger partial charge in [0.05, 0.1) is 18.7 Å². The summed E-state index contributed by atoms with van der Waals surface area (Å²) in [6.45, 7) is 4.40. The number of hydrogen-bond acceptors (Lipinski definition) is 4. The molecule has 2 heterocycles. The van der Waals surface area contributed by atoms with Crippen molar-refractivity contribution in [2.45, 2.75) is 26.7 Å². The number of carbonyl (C=O) groups excluding carboxylic acids is 2. The zero-order chi connectivity index (χ0) is 20.4. The van der Waals surface area contributed by atoms with Crippen molar-refractivity contribution in [3.05, 3.63) is 71.1 Å². The monoisotopic (exact) mass is 389 g/mol. The Labute approximate surface area is 169 Å². The number of fused-ring (bicyclic) bond motifs is 1. The van der Waals surface area contributed by atoms with Crippen LogP contribution < -0.4 is 10.2 Å². The SMILES string of the molecule is Cc1ccccc1-c1nc(CC(=O)NCC(=O)N2CCc3ccccc32)c(C)o1. The van der Waals surface area contributed by atoms with Crippen molar-refractivity contribution in [3.63, 3.8) is 0 Å². The molecule has 1 aromatic heterocycles. The molecule has 0 spiro atoms. The zero-order valence-electron chi connectivity index (χ0n) is 16.6. The van der Waals surface area contributed by atoms with Crippen LogP contribution in [0.25, 0.3) is 11.5 Å². The molecule has 0 unspecified atom stereocenters. The van der Waals surface area contributed by atoms with Gasteiger partial charge in [0, 0.05) is 17.8 Å². The lowest BCUT2D eigenvalue weighted by atomic mass is 10.1. The third kappa shape index (κ3) is 3.92. The van der Waals surface area contributed by atoms with Crippen molar-refractivity contribution in [2.24, 2.45) is 0 Å². The second-order valence-electron chi connectivity index (χ2n) is 7.21. The molecule has 0 radical (unpaired) electrons. The number of nitrogens with one attached hydrogen (secondary N) is 1. The van der Waals surface area contributed by atoms with Gasteiger partial charge >= 0.3 is 0 Å². The minimum atomic E-state index is -0.251. The highest BCUT2D eigenvalue weighted by molar-refractivity contribution is 5.98. The lowest BCUT2D eigenvalue weighted by Gasteiger charge is -2.17. The quantitative estimate of drug-likeness (QED) is 0.727. The van der Waals surface area contributed by atoms with Gasteiger partial charge in [-0.3, -0.25) is 9.59 Å². The van der Waals surface area contributed by atoms with Crippen LogP contribution in [0.5, 0.6) is 0 Å². The van der Waals surface area contributed by atoms with E-state index in [0.717, 1.165) is 28.8 Å². The Bertz CT molecular complexity index is 1070. The average molecular weight is 389 g/mol. The predicted molar refractivity (Wildman–Crippen MR) is 111 cm³/mol. The Morgan fingerprint density at radius 3 is 2.69 bits per heavy atom. The summed E-state index contributed by atoms with van der Waals surface area (Å²) in [6.07, 6.45) is 0.917. The van der Waals surface area contributed by atoms with E-state index in [2.05, 4.69) is 10.3 Å². The molecule has 6 heteroatoms. The fraction of sp³-hybridized carbons (Fsp3) is 0.261. The van der Waals surface area contributed by atoms with Gasteiger partial charge in [-0.05, 0) is 43.5 Å². The summed E-state index contributed by atoms with van der Waals surface area (Å²) in [5.74, 6) is 0.755. The van der Waals surface area contributed by atoms with Gasteiger partial charge in [0.2, 0.25) is 17.7 Å². The van der Waals surface area contributed by atoms with Gasteiger partial charge in [-0.1, -0.05) is 36.4 Å². The molecule has 0 atom stereocenters. The number of para-hydroxylation sites is 1. The molecule has 0 bridgehead atoms. The summed E-state index contributed by atoms with van der Waals surface area (Å²) in [7, 11) is 0. The molecular formula is C23H23N3O3. The molecule has 0 saturated heterocycles. The van der Waals surface area contributed by atoms with Crippen molar-refractivity contribution in [3.8, 4) is 11.5 Å². The maximum atomic E-state index is 12.5. The summed E-state index contributed by atoms with van der Waals surface area (Å²) < 4.78 is 5.76. The highest BCUT2D eigenvalue weighted by atomic mass is 16.4. The number of benzene rings is 2. The van der Waals surface area contributed by atoms with E-state index in [9.17, 15) is 9.59 Å². The van der Waals surface area contributed by atoms with Gasteiger partial charge in [0.1, 0.15) is 5.76 Å². The van der Waals surface area contributed by atoms with Crippen LogP contribution in [0.2, 0.25) is 0 Å². The average Bonchev–Trinajstić information content (AvgIpc) is 3.30. The maximum Gasteiger partial charge on any atom is 0.246 e. The second kappa shape index (κ2) is 7.91. The predicted octanol–water partition coefficient (Wildman–Crippen LogP) is 3.21. The number of oxazole rings is 1. The van der Waals surface area contributed by atoms with Crippen LogP contribution in [0.4, 0.5) is 5.69 Å². The molecule has 1 aliphatic heterocycles. The summed E-state index contributed by atoms with van der Waals surface area (Å²) >= 11 is 0. The van der Waals surface area contributed by atoms with Gasteiger partial charge in [-0.2, -0.15) is 0 Å². The van der Waals surface area contributed by atoms with Gasteiger partial charge in [-0.25, -0.2) is 4.98 Å². The highest BCUT2D eigenvalue weighted by Gasteiger charge is 2.24. The van der Waals surface area contributed by atoms with E-state index in [1.54, 1.807) is 11.8 Å². The van der Waals surface area contributed by atoms with Crippen molar-refractivity contribution >= 4 is 17.5 Å². The first-order valence-corrected chi connectivity index (χ1v) is 9.70. The number of carbonyl (C=O) groups is 2. The zero-order valence-corrected chi connectivity index (χ0v) is 16.6. The topological polar surface area (TPSA) is 75.4 Å². The van der Waals surface area contributed by atoms with Crippen molar-refractivity contribution < 1.29 is 14.0 Å². The molecule has 29 heavy (non-hydrogen) atoms. The molecule has 0 saturated carbocycles. The summed E-state index contributed by atoms with van der Waals surface area (Å²) in [6, 6.07) is 15.7. The van der Waals surface area contributed by atoms with E-state index in [-0.39, 0.29) is 24.8 Å². The van der Waals surface area contributed by atoms with E-state index >= 15 is 0 Å². The molecule has 0 aliphatic carbocycles.